The van der Waals surface area contributed by atoms with Gasteiger partial charge in [-0.25, -0.2) is 0 Å². The molecule has 0 N–H and O–H groups in total. The Labute approximate surface area is 111 Å². The molecule has 1 fully saturated rings. The number of hydrogen-bond donors (Lipinski definition) is 0. The van der Waals surface area contributed by atoms with E-state index in [1.807, 2.05) is 12.3 Å². The van der Waals surface area contributed by atoms with Gasteiger partial charge < -0.3 is 0 Å². The number of anilines is 1. The third-order valence-corrected chi connectivity index (χ3v) is 3.70. The summed E-state index contributed by atoms with van der Waals surface area (Å²) in [5.74, 6) is 1.05. The number of likely N-dealkylation sites (N-methyl/N-ethyl adjacent to an activating group) is 1. The summed E-state index contributed by atoms with van der Waals surface area (Å²) in [5.41, 5.74) is 0. The second-order valence-corrected chi connectivity index (χ2v) is 5.39. The minimum atomic E-state index is 0.617. The van der Waals surface area contributed by atoms with Gasteiger partial charge in [-0.05, 0) is 0 Å². The molecule has 1 atom stereocenters. The summed E-state index contributed by atoms with van der Waals surface area (Å²) < 4.78 is 5.98. The van der Waals surface area contributed by atoms with Crippen LogP contribution in [0.2, 0.25) is 0 Å². The maximum atomic E-state index is 5.08. The van der Waals surface area contributed by atoms with Crippen LogP contribution in [0.3, 0.4) is 0 Å². The molecule has 0 amide bonds. The Morgan fingerprint density at radius 1 is 1.59 bits per heavy atom. The van der Waals surface area contributed by atoms with E-state index in [1.54, 1.807) is 7.11 Å². The molecule has 2 rings (SSSR count). The van der Waals surface area contributed by atoms with Gasteiger partial charge in [-0.1, -0.05) is 0 Å². The molecule has 94 valence electrons. The second-order valence-electron chi connectivity index (χ2n) is 4.31. The van der Waals surface area contributed by atoms with E-state index in [0.717, 1.165) is 36.7 Å². The molecule has 1 saturated heterocycles. The number of ether oxygens (including phenoxy) is 1. The third-order valence-electron chi connectivity index (χ3n) is 3.12. The van der Waals surface area contributed by atoms with Crippen LogP contribution in [0.4, 0.5) is 5.82 Å². The summed E-state index contributed by atoms with van der Waals surface area (Å²) in [6.45, 7) is 3.87. The molecular formula is C11H19AsN4O. The first-order chi connectivity index (χ1) is 8.20. The Morgan fingerprint density at radius 2 is 2.35 bits per heavy atom. The van der Waals surface area contributed by atoms with Crippen molar-refractivity contribution in [2.75, 3.05) is 45.3 Å². The van der Waals surface area contributed by atoms with Crippen molar-refractivity contribution in [2.24, 2.45) is 0 Å². The van der Waals surface area contributed by atoms with Crippen molar-refractivity contribution in [3.63, 3.8) is 0 Å². The Hall–Kier alpha value is -0.642. The van der Waals surface area contributed by atoms with Crippen LogP contribution in [-0.2, 0) is 4.74 Å². The van der Waals surface area contributed by atoms with Crippen LogP contribution in [0.15, 0.2) is 12.3 Å². The fourth-order valence-corrected chi connectivity index (χ4v) is 2.34. The Kier molecular flexibility index (Phi) is 4.37. The molecule has 1 unspecified atom stereocenters. The first kappa shape index (κ1) is 12.8. The van der Waals surface area contributed by atoms with Gasteiger partial charge >= 0.3 is 110 Å². The third kappa shape index (κ3) is 3.18. The summed E-state index contributed by atoms with van der Waals surface area (Å²) in [6.07, 6.45) is 1.83. The van der Waals surface area contributed by atoms with E-state index in [2.05, 4.69) is 26.8 Å². The molecule has 6 heteroatoms. The second kappa shape index (κ2) is 5.80. The van der Waals surface area contributed by atoms with Crippen molar-refractivity contribution in [1.29, 1.82) is 0 Å². The quantitative estimate of drug-likeness (QED) is 0.619. The number of rotatable bonds is 5. The molecule has 1 aliphatic heterocycles. The molecular weight excluding hydrogens is 279 g/mol. The van der Waals surface area contributed by atoms with Crippen molar-refractivity contribution in [1.82, 2.24) is 14.9 Å². The monoisotopic (exact) mass is 298 g/mol. The number of hydrogen-bond acceptors (Lipinski definition) is 5. The van der Waals surface area contributed by atoms with Crippen LogP contribution in [0, 0.1) is 0 Å². The molecule has 17 heavy (non-hydrogen) atoms. The average Bonchev–Trinajstić information content (AvgIpc) is 2.24. The molecule has 0 aromatic carbocycles. The van der Waals surface area contributed by atoms with Crippen LogP contribution < -0.4 is 9.51 Å². The van der Waals surface area contributed by atoms with Gasteiger partial charge in [0.05, 0.1) is 0 Å². The van der Waals surface area contributed by atoms with Crippen molar-refractivity contribution in [3.8, 4) is 0 Å². The van der Waals surface area contributed by atoms with E-state index in [9.17, 15) is 0 Å². The van der Waals surface area contributed by atoms with Crippen molar-refractivity contribution in [2.45, 2.75) is 6.04 Å². The first-order valence-electron chi connectivity index (χ1n) is 5.73. The van der Waals surface area contributed by atoms with E-state index in [1.165, 1.54) is 16.9 Å². The van der Waals surface area contributed by atoms with E-state index in [4.69, 9.17) is 4.74 Å². The van der Waals surface area contributed by atoms with Gasteiger partial charge in [0.25, 0.3) is 0 Å². The molecule has 0 aliphatic carbocycles. The zero-order valence-corrected chi connectivity index (χ0v) is 12.8. The van der Waals surface area contributed by atoms with Crippen LogP contribution in [0.5, 0.6) is 0 Å². The van der Waals surface area contributed by atoms with Gasteiger partial charge in [0.2, 0.25) is 0 Å². The zero-order chi connectivity index (χ0) is 12.3. The summed E-state index contributed by atoms with van der Waals surface area (Å²) in [5, 5.41) is 0. The topological polar surface area (TPSA) is 41.5 Å². The van der Waals surface area contributed by atoms with Crippen LogP contribution in [0.25, 0.3) is 0 Å². The summed E-state index contributed by atoms with van der Waals surface area (Å²) in [6, 6.07) is 2.60. The average molecular weight is 298 g/mol. The standard InChI is InChI=1S/C11H19AsN4O/c1-15(5-6-17-2)9-7-16(8-9)10-3-4-13-11(12)14-10/h3-4,9H,5-8,12H2,1-2H3. The molecule has 5 nitrogen and oxygen atoms in total. The van der Waals surface area contributed by atoms with Crippen molar-refractivity contribution >= 4 is 27.3 Å². The van der Waals surface area contributed by atoms with Crippen molar-refractivity contribution < 1.29 is 4.74 Å². The van der Waals surface area contributed by atoms with E-state index >= 15 is 0 Å². The van der Waals surface area contributed by atoms with Gasteiger partial charge in [-0.2, -0.15) is 0 Å². The first-order valence-corrected chi connectivity index (χ1v) is 6.94. The van der Waals surface area contributed by atoms with Crippen LogP contribution >= 0.6 is 0 Å². The van der Waals surface area contributed by atoms with E-state index < -0.39 is 0 Å². The van der Waals surface area contributed by atoms with E-state index in [-0.39, 0.29) is 0 Å². The Bertz CT molecular complexity index is 370. The zero-order valence-electron chi connectivity index (χ0n) is 10.3. The van der Waals surface area contributed by atoms with E-state index in [0.29, 0.717) is 6.04 Å². The molecule has 0 saturated carbocycles. The SMILES string of the molecule is COCCN(C)C1CN(c2ccnc([AsH2])n2)C1. The van der Waals surface area contributed by atoms with Gasteiger partial charge in [-0.15, -0.1) is 0 Å². The molecule has 1 aromatic rings. The number of nitrogens with zero attached hydrogens (tertiary/aromatic N) is 4. The van der Waals surface area contributed by atoms with Gasteiger partial charge in [0, 0.05) is 0 Å². The molecule has 0 radical (unpaired) electrons. The predicted octanol–water partition coefficient (Wildman–Crippen LogP) is -1.50. The summed E-state index contributed by atoms with van der Waals surface area (Å²) >= 11 is 1.47. The Balaban J connectivity index is 1.82. The minimum absolute atomic E-state index is 0.617. The molecule has 2 heterocycles. The summed E-state index contributed by atoms with van der Waals surface area (Å²) in [4.78, 5) is 13.2. The van der Waals surface area contributed by atoms with Gasteiger partial charge in [0.1, 0.15) is 0 Å². The van der Waals surface area contributed by atoms with Crippen molar-refractivity contribution in [3.05, 3.63) is 12.3 Å². The number of aromatic nitrogens is 2. The van der Waals surface area contributed by atoms with Crippen LogP contribution in [-0.4, -0.2) is 78.2 Å². The maximum absolute atomic E-state index is 5.08. The summed E-state index contributed by atoms with van der Waals surface area (Å²) in [7, 11) is 3.89. The predicted molar refractivity (Wildman–Crippen MR) is 70.7 cm³/mol. The molecule has 1 aromatic heterocycles. The fourth-order valence-electron chi connectivity index (χ4n) is 1.88. The Morgan fingerprint density at radius 3 is 3.00 bits per heavy atom. The normalized spacial score (nSPS) is 16.4. The fraction of sp³-hybridized carbons (Fsp3) is 0.636. The molecule has 1 aliphatic rings. The van der Waals surface area contributed by atoms with Gasteiger partial charge in [-0.3, -0.25) is 0 Å². The van der Waals surface area contributed by atoms with Crippen LogP contribution in [0.1, 0.15) is 0 Å². The number of methoxy groups -OCH3 is 1. The molecule has 0 bridgehead atoms. The van der Waals surface area contributed by atoms with Gasteiger partial charge in [0.15, 0.2) is 0 Å². The molecule has 0 spiro atoms.